The summed E-state index contributed by atoms with van der Waals surface area (Å²) in [5.74, 6) is 0.903. The van der Waals surface area contributed by atoms with Gasteiger partial charge in [0.25, 0.3) is 0 Å². The van der Waals surface area contributed by atoms with Gasteiger partial charge in [0.05, 0.1) is 0 Å². The normalized spacial score (nSPS) is 19.4. The smallest absolute Gasteiger partial charge is 0.0429 e. The standard InChI is InChI=1S/C14H19ClN2/c15-12-4-3-11(8-16)14(7-12)17(13-5-6-13)9-10-1-2-10/h3-4,7,10,13H,1-2,5-6,8-9,16H2. The van der Waals surface area contributed by atoms with Crippen molar-refractivity contribution in [2.24, 2.45) is 11.7 Å². The molecule has 2 fully saturated rings. The number of benzene rings is 1. The highest BCUT2D eigenvalue weighted by molar-refractivity contribution is 6.30. The number of nitrogens with zero attached hydrogens (tertiary/aromatic N) is 1. The Labute approximate surface area is 108 Å². The molecule has 0 bridgehead atoms. The highest BCUT2D eigenvalue weighted by atomic mass is 35.5. The number of hydrogen-bond acceptors (Lipinski definition) is 2. The van der Waals surface area contributed by atoms with Gasteiger partial charge < -0.3 is 10.6 Å². The largest absolute Gasteiger partial charge is 0.368 e. The first-order valence-electron chi connectivity index (χ1n) is 6.53. The molecule has 1 aromatic rings. The first-order valence-corrected chi connectivity index (χ1v) is 6.91. The Hall–Kier alpha value is -0.730. The molecule has 2 saturated carbocycles. The summed E-state index contributed by atoms with van der Waals surface area (Å²) in [5.41, 5.74) is 8.33. The van der Waals surface area contributed by atoms with Crippen LogP contribution in [0.4, 0.5) is 5.69 Å². The van der Waals surface area contributed by atoms with Crippen molar-refractivity contribution in [3.05, 3.63) is 28.8 Å². The molecular formula is C14H19ClN2. The van der Waals surface area contributed by atoms with E-state index in [2.05, 4.69) is 17.0 Å². The minimum absolute atomic E-state index is 0.598. The van der Waals surface area contributed by atoms with Gasteiger partial charge in [-0.2, -0.15) is 0 Å². The van der Waals surface area contributed by atoms with Crippen LogP contribution in [-0.4, -0.2) is 12.6 Å². The van der Waals surface area contributed by atoms with Gasteiger partial charge in [0, 0.05) is 29.8 Å². The van der Waals surface area contributed by atoms with E-state index in [1.165, 1.54) is 43.5 Å². The zero-order valence-electron chi connectivity index (χ0n) is 10.0. The van der Waals surface area contributed by atoms with Crippen LogP contribution in [0.1, 0.15) is 31.2 Å². The van der Waals surface area contributed by atoms with Gasteiger partial charge in [0.1, 0.15) is 0 Å². The van der Waals surface area contributed by atoms with E-state index in [1.807, 2.05) is 6.07 Å². The van der Waals surface area contributed by atoms with Crippen LogP contribution in [0.25, 0.3) is 0 Å². The summed E-state index contributed by atoms with van der Waals surface area (Å²) in [6.45, 7) is 1.79. The molecule has 2 aliphatic carbocycles. The summed E-state index contributed by atoms with van der Waals surface area (Å²) in [5, 5.41) is 0.818. The molecule has 17 heavy (non-hydrogen) atoms. The molecule has 0 amide bonds. The maximum Gasteiger partial charge on any atom is 0.0429 e. The van der Waals surface area contributed by atoms with Crippen LogP contribution in [0.3, 0.4) is 0 Å². The topological polar surface area (TPSA) is 29.3 Å². The van der Waals surface area contributed by atoms with Crippen molar-refractivity contribution >= 4 is 17.3 Å². The number of rotatable bonds is 5. The van der Waals surface area contributed by atoms with Gasteiger partial charge in [0.2, 0.25) is 0 Å². The zero-order valence-corrected chi connectivity index (χ0v) is 10.8. The maximum absolute atomic E-state index is 6.13. The van der Waals surface area contributed by atoms with Gasteiger partial charge in [-0.1, -0.05) is 17.7 Å². The average molecular weight is 251 g/mol. The highest BCUT2D eigenvalue weighted by Gasteiger charge is 2.34. The number of halogens is 1. The summed E-state index contributed by atoms with van der Waals surface area (Å²) in [4.78, 5) is 2.55. The van der Waals surface area contributed by atoms with Crippen LogP contribution in [0, 0.1) is 5.92 Å². The molecule has 0 saturated heterocycles. The zero-order chi connectivity index (χ0) is 11.8. The Morgan fingerprint density at radius 3 is 2.59 bits per heavy atom. The molecule has 0 heterocycles. The Balaban J connectivity index is 1.89. The lowest BCUT2D eigenvalue weighted by Gasteiger charge is -2.27. The summed E-state index contributed by atoms with van der Waals surface area (Å²) in [7, 11) is 0. The van der Waals surface area contributed by atoms with Crippen LogP contribution in [0.5, 0.6) is 0 Å². The molecule has 0 aliphatic heterocycles. The molecule has 0 unspecified atom stereocenters. The van der Waals surface area contributed by atoms with Crippen LogP contribution in [0.15, 0.2) is 18.2 Å². The third-order valence-corrected chi connectivity index (χ3v) is 3.95. The lowest BCUT2D eigenvalue weighted by Crippen LogP contribution is -2.29. The van der Waals surface area contributed by atoms with Crippen LogP contribution < -0.4 is 10.6 Å². The van der Waals surface area contributed by atoms with E-state index in [0.29, 0.717) is 6.54 Å². The summed E-state index contributed by atoms with van der Waals surface area (Å²) in [6, 6.07) is 6.83. The summed E-state index contributed by atoms with van der Waals surface area (Å²) in [6.07, 6.45) is 5.43. The van der Waals surface area contributed by atoms with Crippen molar-refractivity contribution in [3.63, 3.8) is 0 Å². The third-order valence-electron chi connectivity index (χ3n) is 3.72. The van der Waals surface area contributed by atoms with Crippen LogP contribution in [-0.2, 0) is 6.54 Å². The first kappa shape index (κ1) is 11.4. The van der Waals surface area contributed by atoms with Crippen LogP contribution >= 0.6 is 11.6 Å². The molecule has 0 radical (unpaired) electrons. The predicted octanol–water partition coefficient (Wildman–Crippen LogP) is 3.18. The molecular weight excluding hydrogens is 232 g/mol. The highest BCUT2D eigenvalue weighted by Crippen LogP contribution is 2.39. The second-order valence-corrected chi connectivity index (χ2v) is 5.74. The van der Waals surface area contributed by atoms with Crippen LogP contribution in [0.2, 0.25) is 5.02 Å². The van der Waals surface area contributed by atoms with E-state index in [0.717, 1.165) is 17.0 Å². The lowest BCUT2D eigenvalue weighted by atomic mass is 10.1. The molecule has 2 aliphatic rings. The van der Waals surface area contributed by atoms with Gasteiger partial charge in [-0.15, -0.1) is 0 Å². The molecule has 3 rings (SSSR count). The summed E-state index contributed by atoms with van der Waals surface area (Å²) >= 11 is 6.13. The van der Waals surface area contributed by atoms with Gasteiger partial charge in [-0.3, -0.25) is 0 Å². The predicted molar refractivity (Wildman–Crippen MR) is 72.4 cm³/mol. The Kier molecular flexibility index (Phi) is 3.01. The number of nitrogens with two attached hydrogens (primary N) is 1. The molecule has 0 spiro atoms. The fraction of sp³-hybridized carbons (Fsp3) is 0.571. The Morgan fingerprint density at radius 1 is 1.24 bits per heavy atom. The van der Waals surface area contributed by atoms with E-state index in [9.17, 15) is 0 Å². The fourth-order valence-corrected chi connectivity index (χ4v) is 2.55. The quantitative estimate of drug-likeness (QED) is 0.870. The van der Waals surface area contributed by atoms with E-state index < -0.39 is 0 Å². The molecule has 3 heteroatoms. The fourth-order valence-electron chi connectivity index (χ4n) is 2.39. The van der Waals surface area contributed by atoms with Crippen molar-refractivity contribution in [3.8, 4) is 0 Å². The first-order chi connectivity index (χ1) is 8.28. The average Bonchev–Trinajstić information content (AvgIpc) is 3.17. The molecule has 0 atom stereocenters. The van der Waals surface area contributed by atoms with Crippen molar-refractivity contribution in [1.29, 1.82) is 0 Å². The molecule has 1 aromatic carbocycles. The maximum atomic E-state index is 6.13. The van der Waals surface area contributed by atoms with E-state index in [4.69, 9.17) is 17.3 Å². The molecule has 2 nitrogen and oxygen atoms in total. The number of anilines is 1. The Bertz CT molecular complexity index is 411. The molecule has 0 aromatic heterocycles. The van der Waals surface area contributed by atoms with Gasteiger partial charge in [-0.05, 0) is 49.3 Å². The van der Waals surface area contributed by atoms with Crippen molar-refractivity contribution < 1.29 is 0 Å². The van der Waals surface area contributed by atoms with E-state index in [-0.39, 0.29) is 0 Å². The van der Waals surface area contributed by atoms with Gasteiger partial charge in [-0.25, -0.2) is 0 Å². The number of hydrogen-bond donors (Lipinski definition) is 1. The van der Waals surface area contributed by atoms with E-state index >= 15 is 0 Å². The van der Waals surface area contributed by atoms with E-state index in [1.54, 1.807) is 0 Å². The Morgan fingerprint density at radius 2 is 2.00 bits per heavy atom. The SMILES string of the molecule is NCc1ccc(Cl)cc1N(CC1CC1)C1CC1. The molecule has 92 valence electrons. The summed E-state index contributed by atoms with van der Waals surface area (Å²) < 4.78 is 0. The van der Waals surface area contributed by atoms with Crippen molar-refractivity contribution in [2.75, 3.05) is 11.4 Å². The van der Waals surface area contributed by atoms with Crippen molar-refractivity contribution in [2.45, 2.75) is 38.3 Å². The van der Waals surface area contributed by atoms with Gasteiger partial charge >= 0.3 is 0 Å². The monoisotopic (exact) mass is 250 g/mol. The minimum atomic E-state index is 0.598. The third kappa shape index (κ3) is 2.58. The second-order valence-electron chi connectivity index (χ2n) is 5.30. The van der Waals surface area contributed by atoms with Gasteiger partial charge in [0.15, 0.2) is 0 Å². The molecule has 2 N–H and O–H groups in total. The second kappa shape index (κ2) is 4.51. The van der Waals surface area contributed by atoms with Crippen molar-refractivity contribution in [1.82, 2.24) is 0 Å². The minimum Gasteiger partial charge on any atom is -0.368 e. The lowest BCUT2D eigenvalue weighted by molar-refractivity contribution is 0.714.